The second-order valence-corrected chi connectivity index (χ2v) is 2.96. The largest absolute Gasteiger partial charge is 0.507 e. The fourth-order valence-corrected chi connectivity index (χ4v) is 0.920. The molecule has 0 aliphatic rings. The number of phenolic OH excluding ortho intramolecular Hbond substituents is 1. The third kappa shape index (κ3) is 2.74. The molecule has 4 nitrogen and oxygen atoms in total. The third-order valence-electron chi connectivity index (χ3n) is 1.58. The number of hydrogen-bond acceptors (Lipinski definition) is 4. The molecule has 76 valence electrons. The first-order valence-corrected chi connectivity index (χ1v) is 4.24. The van der Waals surface area contributed by atoms with E-state index in [1.807, 2.05) is 0 Å². The molecule has 0 radical (unpaired) electrons. The van der Waals surface area contributed by atoms with Crippen LogP contribution in [0.5, 0.6) is 5.75 Å². The summed E-state index contributed by atoms with van der Waals surface area (Å²) in [6.07, 6.45) is -0.704. The highest BCUT2D eigenvalue weighted by molar-refractivity contribution is 5.92. The Bertz CT molecular complexity index is 320. The van der Waals surface area contributed by atoms with Gasteiger partial charge in [0.15, 0.2) is 0 Å². The Morgan fingerprint density at radius 3 is 2.71 bits per heavy atom. The Kier molecular flexibility index (Phi) is 3.48. The summed E-state index contributed by atoms with van der Waals surface area (Å²) in [4.78, 5) is 11.3. The van der Waals surface area contributed by atoms with E-state index >= 15 is 0 Å². The van der Waals surface area contributed by atoms with E-state index in [-0.39, 0.29) is 17.9 Å². The zero-order valence-electron chi connectivity index (χ0n) is 7.80. The lowest BCUT2D eigenvalue weighted by Gasteiger charge is -2.07. The fourth-order valence-electron chi connectivity index (χ4n) is 0.920. The molecule has 2 N–H and O–H groups in total. The smallest absolute Gasteiger partial charge is 0.342 e. The first-order chi connectivity index (χ1) is 6.61. The van der Waals surface area contributed by atoms with E-state index in [2.05, 4.69) is 0 Å². The number of carbonyl (C=O) groups is 1. The number of esters is 1. The Morgan fingerprint density at radius 1 is 1.50 bits per heavy atom. The fraction of sp³-hybridized carbons (Fsp3) is 0.300. The van der Waals surface area contributed by atoms with Crippen molar-refractivity contribution in [2.75, 3.05) is 6.61 Å². The summed E-state index contributed by atoms with van der Waals surface area (Å²) < 4.78 is 4.72. The molecule has 1 aromatic rings. The van der Waals surface area contributed by atoms with Crippen LogP contribution in [0, 0.1) is 0 Å². The van der Waals surface area contributed by atoms with Gasteiger partial charge in [0.2, 0.25) is 0 Å². The van der Waals surface area contributed by atoms with Crippen LogP contribution in [-0.4, -0.2) is 28.9 Å². The van der Waals surface area contributed by atoms with Gasteiger partial charge in [-0.25, -0.2) is 4.79 Å². The van der Waals surface area contributed by atoms with Crippen LogP contribution in [0.2, 0.25) is 0 Å². The summed E-state index contributed by atoms with van der Waals surface area (Å²) in [5.74, 6) is -0.757. The van der Waals surface area contributed by atoms with Crippen molar-refractivity contribution < 1.29 is 19.7 Å². The van der Waals surface area contributed by atoms with E-state index in [0.717, 1.165) is 0 Å². The molecule has 0 amide bonds. The molecule has 0 saturated carbocycles. The number of aromatic hydroxyl groups is 1. The number of phenols is 1. The summed E-state index contributed by atoms with van der Waals surface area (Å²) in [7, 11) is 0. The van der Waals surface area contributed by atoms with Crippen molar-refractivity contribution >= 4 is 5.97 Å². The van der Waals surface area contributed by atoms with E-state index in [0.29, 0.717) is 0 Å². The SMILES string of the molecule is C[C@H](O)COC(=O)c1ccccc1O. The van der Waals surface area contributed by atoms with Crippen molar-refractivity contribution in [1.82, 2.24) is 0 Å². The van der Waals surface area contributed by atoms with Crippen molar-refractivity contribution in [2.45, 2.75) is 13.0 Å². The number of rotatable bonds is 3. The molecule has 1 aromatic carbocycles. The Morgan fingerprint density at radius 2 is 2.14 bits per heavy atom. The normalized spacial score (nSPS) is 12.1. The Hall–Kier alpha value is -1.55. The van der Waals surface area contributed by atoms with E-state index in [1.54, 1.807) is 12.1 Å². The maximum absolute atomic E-state index is 11.3. The molecule has 0 aliphatic heterocycles. The van der Waals surface area contributed by atoms with Crippen molar-refractivity contribution in [3.63, 3.8) is 0 Å². The molecule has 1 atom stereocenters. The van der Waals surface area contributed by atoms with Gasteiger partial charge in [-0.05, 0) is 19.1 Å². The predicted molar refractivity (Wildman–Crippen MR) is 50.1 cm³/mol. The monoisotopic (exact) mass is 196 g/mol. The van der Waals surface area contributed by atoms with Crippen LogP contribution in [-0.2, 0) is 4.74 Å². The first kappa shape index (κ1) is 10.5. The van der Waals surface area contributed by atoms with Crippen LogP contribution in [0.3, 0.4) is 0 Å². The molecule has 1 rings (SSSR count). The van der Waals surface area contributed by atoms with Crippen LogP contribution in [0.25, 0.3) is 0 Å². The van der Waals surface area contributed by atoms with Gasteiger partial charge >= 0.3 is 5.97 Å². The molecular weight excluding hydrogens is 184 g/mol. The summed E-state index contributed by atoms with van der Waals surface area (Å²) in [5.41, 5.74) is 0.105. The number of aliphatic hydroxyl groups is 1. The van der Waals surface area contributed by atoms with Gasteiger partial charge in [0.05, 0.1) is 6.10 Å². The predicted octanol–water partition coefficient (Wildman–Crippen LogP) is 0.930. The van der Waals surface area contributed by atoms with E-state index in [4.69, 9.17) is 9.84 Å². The molecule has 0 spiro atoms. The minimum absolute atomic E-state index is 0.0762. The third-order valence-corrected chi connectivity index (χ3v) is 1.58. The van der Waals surface area contributed by atoms with Gasteiger partial charge in [-0.1, -0.05) is 12.1 Å². The molecular formula is C10H12O4. The van der Waals surface area contributed by atoms with Crippen LogP contribution < -0.4 is 0 Å². The zero-order chi connectivity index (χ0) is 10.6. The lowest BCUT2D eigenvalue weighted by atomic mass is 10.2. The highest BCUT2D eigenvalue weighted by Crippen LogP contribution is 2.16. The number of carbonyl (C=O) groups excluding carboxylic acids is 1. The Balaban J connectivity index is 2.65. The summed E-state index contributed by atoms with van der Waals surface area (Å²) in [6, 6.07) is 6.10. The highest BCUT2D eigenvalue weighted by atomic mass is 16.5. The number of hydrogen-bond donors (Lipinski definition) is 2. The van der Waals surface area contributed by atoms with Crippen LogP contribution >= 0.6 is 0 Å². The van der Waals surface area contributed by atoms with Gasteiger partial charge in [-0.3, -0.25) is 0 Å². The maximum Gasteiger partial charge on any atom is 0.342 e. The van der Waals surface area contributed by atoms with Crippen LogP contribution in [0.4, 0.5) is 0 Å². The molecule has 0 aliphatic carbocycles. The van der Waals surface area contributed by atoms with Crippen molar-refractivity contribution in [3.05, 3.63) is 29.8 Å². The summed E-state index contributed by atoms with van der Waals surface area (Å²) in [5, 5.41) is 18.2. The number of aliphatic hydroxyl groups excluding tert-OH is 1. The molecule has 0 saturated heterocycles. The molecule has 0 fully saturated rings. The van der Waals surface area contributed by atoms with Crippen molar-refractivity contribution in [3.8, 4) is 5.75 Å². The zero-order valence-corrected chi connectivity index (χ0v) is 7.80. The highest BCUT2D eigenvalue weighted by Gasteiger charge is 2.11. The quantitative estimate of drug-likeness (QED) is 0.706. The molecule has 0 heterocycles. The van der Waals surface area contributed by atoms with Gasteiger partial charge < -0.3 is 14.9 Å². The average Bonchev–Trinajstić information content (AvgIpc) is 2.15. The topological polar surface area (TPSA) is 66.8 Å². The van der Waals surface area contributed by atoms with Crippen molar-refractivity contribution in [2.24, 2.45) is 0 Å². The summed E-state index contributed by atoms with van der Waals surface area (Å²) >= 11 is 0. The second kappa shape index (κ2) is 4.62. The standard InChI is InChI=1S/C10H12O4/c1-7(11)6-14-10(13)8-4-2-3-5-9(8)12/h2-5,7,11-12H,6H2,1H3/t7-/m0/s1. The molecule has 4 heteroatoms. The minimum atomic E-state index is -0.704. The van der Waals surface area contributed by atoms with Crippen LogP contribution in [0.15, 0.2) is 24.3 Å². The number of ether oxygens (including phenoxy) is 1. The number of para-hydroxylation sites is 1. The van der Waals surface area contributed by atoms with E-state index in [9.17, 15) is 9.90 Å². The lowest BCUT2D eigenvalue weighted by Crippen LogP contribution is -2.15. The van der Waals surface area contributed by atoms with Crippen LogP contribution in [0.1, 0.15) is 17.3 Å². The van der Waals surface area contributed by atoms with E-state index in [1.165, 1.54) is 19.1 Å². The minimum Gasteiger partial charge on any atom is -0.507 e. The maximum atomic E-state index is 11.3. The molecule has 14 heavy (non-hydrogen) atoms. The molecule has 0 bridgehead atoms. The molecule has 0 aromatic heterocycles. The van der Waals surface area contributed by atoms with Gasteiger partial charge in [0.25, 0.3) is 0 Å². The molecule has 0 unspecified atom stereocenters. The first-order valence-electron chi connectivity index (χ1n) is 4.24. The van der Waals surface area contributed by atoms with Gasteiger partial charge in [-0.15, -0.1) is 0 Å². The Labute approximate surface area is 81.8 Å². The van der Waals surface area contributed by atoms with E-state index < -0.39 is 12.1 Å². The van der Waals surface area contributed by atoms with Gasteiger partial charge in [-0.2, -0.15) is 0 Å². The average molecular weight is 196 g/mol. The van der Waals surface area contributed by atoms with Crippen molar-refractivity contribution in [1.29, 1.82) is 0 Å². The van der Waals surface area contributed by atoms with Gasteiger partial charge in [0.1, 0.15) is 17.9 Å². The van der Waals surface area contributed by atoms with Gasteiger partial charge in [0, 0.05) is 0 Å². The second-order valence-electron chi connectivity index (χ2n) is 2.96. The lowest BCUT2D eigenvalue weighted by molar-refractivity contribution is 0.0293. The summed E-state index contributed by atoms with van der Waals surface area (Å²) in [6.45, 7) is 1.44. The number of benzene rings is 1.